The van der Waals surface area contributed by atoms with Crippen molar-refractivity contribution in [3.8, 4) is 11.5 Å². The van der Waals surface area contributed by atoms with E-state index in [9.17, 15) is 9.90 Å². The number of hydrogen-bond acceptors (Lipinski definition) is 4. The number of Topliss-reactive ketones (excluding diaryl/α,β-unsaturated/α-hetero) is 1. The molecule has 0 saturated carbocycles. The van der Waals surface area contributed by atoms with Crippen LogP contribution in [0.2, 0.25) is 0 Å². The molecule has 1 atom stereocenters. The summed E-state index contributed by atoms with van der Waals surface area (Å²) in [6.45, 7) is 0.535. The van der Waals surface area contributed by atoms with Crippen molar-refractivity contribution >= 4 is 21.7 Å². The van der Waals surface area contributed by atoms with Crippen LogP contribution < -0.4 is 9.47 Å². The summed E-state index contributed by atoms with van der Waals surface area (Å²) in [5, 5.41) is 10.3. The maximum atomic E-state index is 12.3. The van der Waals surface area contributed by atoms with Gasteiger partial charge in [0.2, 0.25) is 0 Å². The lowest BCUT2D eigenvalue weighted by Gasteiger charge is -2.11. The van der Waals surface area contributed by atoms with Crippen LogP contribution in [0, 0.1) is 0 Å². The largest absolute Gasteiger partial charge is 0.497 e. The molecule has 0 radical (unpaired) electrons. The van der Waals surface area contributed by atoms with Crippen LogP contribution in [0.3, 0.4) is 0 Å². The lowest BCUT2D eigenvalue weighted by molar-refractivity contribution is -0.120. The summed E-state index contributed by atoms with van der Waals surface area (Å²) < 4.78 is 12.0. The first-order valence-electron chi connectivity index (χ1n) is 10.8. The molecule has 5 heteroatoms. The number of aryl methyl sites for hydroxylation is 2. The van der Waals surface area contributed by atoms with E-state index in [0.29, 0.717) is 25.9 Å². The van der Waals surface area contributed by atoms with Gasteiger partial charge < -0.3 is 14.6 Å². The van der Waals surface area contributed by atoms with Crippen molar-refractivity contribution in [1.82, 2.24) is 0 Å². The van der Waals surface area contributed by atoms with Gasteiger partial charge in [-0.1, -0.05) is 58.4 Å². The number of carbonyl (C=O) groups is 1. The third kappa shape index (κ3) is 8.13. The summed E-state index contributed by atoms with van der Waals surface area (Å²) in [4.78, 5) is 12.3. The Morgan fingerprint density at radius 2 is 1.66 bits per heavy atom. The zero-order chi connectivity index (χ0) is 22.8. The highest BCUT2D eigenvalue weighted by molar-refractivity contribution is 9.10. The lowest BCUT2D eigenvalue weighted by atomic mass is 10.00. The number of aliphatic hydroxyl groups is 1. The maximum absolute atomic E-state index is 12.3. The number of carbonyl (C=O) groups excluding carboxylic acids is 1. The average molecular weight is 497 g/mol. The summed E-state index contributed by atoms with van der Waals surface area (Å²) in [6.07, 6.45) is 1.87. The van der Waals surface area contributed by atoms with Crippen molar-refractivity contribution in [2.24, 2.45) is 0 Å². The molecule has 0 spiro atoms. The van der Waals surface area contributed by atoms with Crippen LogP contribution in [0.5, 0.6) is 11.5 Å². The van der Waals surface area contributed by atoms with Gasteiger partial charge in [0.1, 0.15) is 23.9 Å². The summed E-state index contributed by atoms with van der Waals surface area (Å²) in [7, 11) is 1.62. The summed E-state index contributed by atoms with van der Waals surface area (Å²) >= 11 is 3.45. The van der Waals surface area contributed by atoms with Gasteiger partial charge in [-0.25, -0.2) is 0 Å². The van der Waals surface area contributed by atoms with Crippen LogP contribution in [0.4, 0.5) is 0 Å². The van der Waals surface area contributed by atoms with E-state index in [2.05, 4.69) is 15.9 Å². The summed E-state index contributed by atoms with van der Waals surface area (Å²) in [6, 6.07) is 23.8. The fourth-order valence-electron chi connectivity index (χ4n) is 3.46. The number of methoxy groups -OCH3 is 1. The van der Waals surface area contributed by atoms with Gasteiger partial charge in [0.15, 0.2) is 0 Å². The van der Waals surface area contributed by atoms with E-state index in [0.717, 1.165) is 39.1 Å². The Morgan fingerprint density at radius 1 is 0.906 bits per heavy atom. The number of ketones is 1. The summed E-state index contributed by atoms with van der Waals surface area (Å²) in [5.41, 5.74) is 3.28. The Morgan fingerprint density at radius 3 is 2.38 bits per heavy atom. The highest BCUT2D eigenvalue weighted by atomic mass is 79.9. The van der Waals surface area contributed by atoms with Crippen molar-refractivity contribution in [3.63, 3.8) is 0 Å². The molecule has 3 aromatic rings. The van der Waals surface area contributed by atoms with Crippen LogP contribution >= 0.6 is 15.9 Å². The highest BCUT2D eigenvalue weighted by Crippen LogP contribution is 2.22. The molecule has 168 valence electrons. The van der Waals surface area contributed by atoms with Gasteiger partial charge in [-0.2, -0.15) is 0 Å². The Labute approximate surface area is 198 Å². The van der Waals surface area contributed by atoms with Gasteiger partial charge >= 0.3 is 0 Å². The van der Waals surface area contributed by atoms with Crippen molar-refractivity contribution in [2.75, 3.05) is 7.11 Å². The molecule has 0 aliphatic rings. The second kappa shape index (κ2) is 12.4. The second-order valence-corrected chi connectivity index (χ2v) is 8.77. The first-order valence-corrected chi connectivity index (χ1v) is 11.6. The maximum Gasteiger partial charge on any atom is 0.135 e. The van der Waals surface area contributed by atoms with Crippen molar-refractivity contribution in [2.45, 2.75) is 44.8 Å². The quantitative estimate of drug-likeness (QED) is 0.338. The van der Waals surface area contributed by atoms with E-state index in [4.69, 9.17) is 9.47 Å². The molecular formula is C27H29BrO4. The van der Waals surface area contributed by atoms with Crippen LogP contribution in [-0.4, -0.2) is 24.1 Å². The van der Waals surface area contributed by atoms with Crippen molar-refractivity contribution < 1.29 is 19.4 Å². The molecular weight excluding hydrogens is 468 g/mol. The zero-order valence-electron chi connectivity index (χ0n) is 18.3. The molecule has 3 aromatic carbocycles. The molecule has 0 fully saturated rings. The molecule has 0 bridgehead atoms. The Balaban J connectivity index is 1.38. The summed E-state index contributed by atoms with van der Waals surface area (Å²) in [5.74, 6) is 1.65. The molecule has 0 aliphatic heterocycles. The fourth-order valence-corrected chi connectivity index (χ4v) is 3.98. The average Bonchev–Trinajstić information content (AvgIpc) is 2.81. The molecule has 3 rings (SSSR count). The van der Waals surface area contributed by atoms with Crippen molar-refractivity contribution in [1.29, 1.82) is 0 Å². The highest BCUT2D eigenvalue weighted by Gasteiger charge is 2.12. The predicted octanol–water partition coefficient (Wildman–Crippen LogP) is 5.92. The Hall–Kier alpha value is -2.63. The predicted molar refractivity (Wildman–Crippen MR) is 130 cm³/mol. The number of hydrogen-bond donors (Lipinski definition) is 1. The van der Waals surface area contributed by atoms with Crippen LogP contribution in [-0.2, 0) is 24.2 Å². The number of halogens is 1. The van der Waals surface area contributed by atoms with E-state index in [1.54, 1.807) is 7.11 Å². The number of benzene rings is 3. The number of rotatable bonds is 12. The second-order valence-electron chi connectivity index (χ2n) is 7.85. The molecule has 1 unspecified atom stereocenters. The van der Waals surface area contributed by atoms with Gasteiger partial charge in [0, 0.05) is 17.3 Å². The topological polar surface area (TPSA) is 55.8 Å². The van der Waals surface area contributed by atoms with Gasteiger partial charge in [-0.15, -0.1) is 0 Å². The van der Waals surface area contributed by atoms with E-state index < -0.39 is 6.10 Å². The SMILES string of the molecule is COc1cc(Br)cc(CCC(=O)CC(O)CCc2ccc(OCc3ccccc3)cc2)c1. The lowest BCUT2D eigenvalue weighted by Crippen LogP contribution is -2.15. The number of aliphatic hydroxyl groups excluding tert-OH is 1. The molecule has 0 aliphatic carbocycles. The van der Waals surface area contributed by atoms with E-state index in [1.165, 1.54) is 0 Å². The molecule has 0 amide bonds. The van der Waals surface area contributed by atoms with Crippen LogP contribution in [0.1, 0.15) is 36.0 Å². The minimum atomic E-state index is -0.631. The van der Waals surface area contributed by atoms with Gasteiger partial charge in [0.25, 0.3) is 0 Å². The third-order valence-electron chi connectivity index (χ3n) is 5.26. The fraction of sp³-hybridized carbons (Fsp3) is 0.296. The zero-order valence-corrected chi connectivity index (χ0v) is 19.9. The Kier molecular flexibility index (Phi) is 9.32. The molecule has 32 heavy (non-hydrogen) atoms. The van der Waals surface area contributed by atoms with Crippen molar-refractivity contribution in [3.05, 3.63) is 94.0 Å². The normalized spacial score (nSPS) is 11.7. The van der Waals surface area contributed by atoms with Crippen LogP contribution in [0.15, 0.2) is 77.3 Å². The minimum Gasteiger partial charge on any atom is -0.497 e. The first kappa shape index (κ1) is 24.0. The van der Waals surface area contributed by atoms with Gasteiger partial charge in [0.05, 0.1) is 13.2 Å². The Bertz CT molecular complexity index is 986. The van der Waals surface area contributed by atoms with E-state index in [-0.39, 0.29) is 12.2 Å². The van der Waals surface area contributed by atoms with Crippen LogP contribution in [0.25, 0.3) is 0 Å². The molecule has 0 heterocycles. The van der Waals surface area contributed by atoms with Gasteiger partial charge in [-0.05, 0) is 66.3 Å². The first-order chi connectivity index (χ1) is 15.5. The third-order valence-corrected chi connectivity index (χ3v) is 5.72. The van der Waals surface area contributed by atoms with E-state index in [1.807, 2.05) is 72.8 Å². The van der Waals surface area contributed by atoms with E-state index >= 15 is 0 Å². The number of ether oxygens (including phenoxy) is 2. The smallest absolute Gasteiger partial charge is 0.135 e. The standard InChI is InChI=1S/C27H29BrO4/c1-31-27-16-22(15-23(28)17-27)8-12-25(30)18-24(29)11-7-20-9-13-26(14-10-20)32-19-21-5-3-2-4-6-21/h2-6,9-10,13-17,24,29H,7-8,11-12,18-19H2,1H3. The monoisotopic (exact) mass is 496 g/mol. The molecule has 0 saturated heterocycles. The molecule has 4 nitrogen and oxygen atoms in total. The molecule has 1 N–H and O–H groups in total. The minimum absolute atomic E-state index is 0.0705. The molecule has 0 aromatic heterocycles. The van der Waals surface area contributed by atoms with Gasteiger partial charge in [-0.3, -0.25) is 4.79 Å².